The van der Waals surface area contributed by atoms with Crippen LogP contribution in [0.15, 0.2) is 36.4 Å². The van der Waals surface area contributed by atoms with Gasteiger partial charge in [-0.1, -0.05) is 31.9 Å². The second kappa shape index (κ2) is 10.7. The molecule has 0 atom stereocenters. The summed E-state index contributed by atoms with van der Waals surface area (Å²) in [6.45, 7) is 2.05. The zero-order chi connectivity index (χ0) is 24.1. The van der Waals surface area contributed by atoms with E-state index in [1.165, 1.54) is 0 Å². The Hall–Kier alpha value is -3.45. The average Bonchev–Trinajstić information content (AvgIpc) is 3.35. The van der Waals surface area contributed by atoms with Gasteiger partial charge in [0, 0.05) is 22.9 Å². The Morgan fingerprint density at radius 2 is 1.85 bits per heavy atom. The maximum absolute atomic E-state index is 12.4. The van der Waals surface area contributed by atoms with Crippen LogP contribution in [0.5, 0.6) is 23.0 Å². The lowest BCUT2D eigenvalue weighted by molar-refractivity contribution is -0.145. The number of esters is 1. The van der Waals surface area contributed by atoms with E-state index in [1.807, 2.05) is 36.4 Å². The number of aliphatic hydroxyl groups is 1. The summed E-state index contributed by atoms with van der Waals surface area (Å²) in [4.78, 5) is 12.4. The Bertz CT molecular complexity index is 1190. The molecule has 0 fully saturated rings. The molecule has 7 heteroatoms. The highest BCUT2D eigenvalue weighted by Gasteiger charge is 2.25. The lowest BCUT2D eigenvalue weighted by atomic mass is 9.89. The quantitative estimate of drug-likeness (QED) is 0.318. The van der Waals surface area contributed by atoms with Gasteiger partial charge in [-0.15, -0.1) is 0 Å². The van der Waals surface area contributed by atoms with E-state index in [9.17, 15) is 9.90 Å². The molecular formula is C27H30O7. The second-order valence-corrected chi connectivity index (χ2v) is 8.13. The van der Waals surface area contributed by atoms with Gasteiger partial charge >= 0.3 is 5.97 Å². The summed E-state index contributed by atoms with van der Waals surface area (Å²) in [5.41, 5.74) is 3.01. The maximum Gasteiger partial charge on any atom is 0.306 e. The minimum absolute atomic E-state index is 0.0327. The Balaban J connectivity index is 1.88. The van der Waals surface area contributed by atoms with E-state index in [1.54, 1.807) is 14.2 Å². The first-order chi connectivity index (χ1) is 16.6. The molecule has 1 N–H and O–H groups in total. The molecule has 7 nitrogen and oxygen atoms in total. The monoisotopic (exact) mass is 466 g/mol. The van der Waals surface area contributed by atoms with E-state index < -0.39 is 0 Å². The normalized spacial score (nSPS) is 12.1. The largest absolute Gasteiger partial charge is 0.493 e. The molecule has 0 aromatic heterocycles. The van der Waals surface area contributed by atoms with Gasteiger partial charge in [-0.3, -0.25) is 4.79 Å². The second-order valence-electron chi connectivity index (χ2n) is 8.13. The number of fused-ring (bicyclic) bond motifs is 3. The molecule has 0 amide bonds. The van der Waals surface area contributed by atoms with Crippen LogP contribution >= 0.6 is 0 Å². The topological polar surface area (TPSA) is 83.5 Å². The summed E-state index contributed by atoms with van der Waals surface area (Å²) >= 11 is 0. The summed E-state index contributed by atoms with van der Waals surface area (Å²) in [6.07, 6.45) is 3.17. The van der Waals surface area contributed by atoms with Gasteiger partial charge in [-0.2, -0.15) is 0 Å². The van der Waals surface area contributed by atoms with Crippen molar-refractivity contribution < 1.29 is 33.6 Å². The first-order valence-electron chi connectivity index (χ1n) is 11.5. The summed E-state index contributed by atoms with van der Waals surface area (Å²) in [5, 5.41) is 11.9. The first kappa shape index (κ1) is 23.7. The molecule has 0 unspecified atom stereocenters. The zero-order valence-corrected chi connectivity index (χ0v) is 19.8. The molecule has 0 spiro atoms. The summed E-state index contributed by atoms with van der Waals surface area (Å²) in [7, 11) is 3.16. The molecule has 180 valence electrons. The summed E-state index contributed by atoms with van der Waals surface area (Å²) in [5.74, 6) is 2.18. The Morgan fingerprint density at radius 3 is 2.59 bits per heavy atom. The third kappa shape index (κ3) is 4.61. The van der Waals surface area contributed by atoms with Gasteiger partial charge in [-0.05, 0) is 47.2 Å². The number of methoxy groups -OCH3 is 2. The molecule has 3 aromatic carbocycles. The van der Waals surface area contributed by atoms with Crippen molar-refractivity contribution in [3.05, 3.63) is 47.5 Å². The molecule has 0 saturated heterocycles. The molecule has 34 heavy (non-hydrogen) atoms. The predicted molar refractivity (Wildman–Crippen MR) is 128 cm³/mol. The summed E-state index contributed by atoms with van der Waals surface area (Å²) in [6, 6.07) is 11.3. The van der Waals surface area contributed by atoms with Gasteiger partial charge in [0.2, 0.25) is 6.79 Å². The number of benzene rings is 3. The van der Waals surface area contributed by atoms with E-state index in [2.05, 4.69) is 6.92 Å². The lowest BCUT2D eigenvalue weighted by Gasteiger charge is -2.20. The van der Waals surface area contributed by atoms with Crippen LogP contribution < -0.4 is 18.9 Å². The van der Waals surface area contributed by atoms with Crippen LogP contribution in [-0.4, -0.2) is 32.1 Å². The smallest absolute Gasteiger partial charge is 0.306 e. The number of hydrogen-bond acceptors (Lipinski definition) is 7. The molecule has 4 rings (SSSR count). The van der Waals surface area contributed by atoms with Crippen molar-refractivity contribution in [2.45, 2.75) is 45.8 Å². The van der Waals surface area contributed by atoms with Gasteiger partial charge < -0.3 is 28.8 Å². The highest BCUT2D eigenvalue weighted by molar-refractivity contribution is 6.05. The number of hydrogen-bond donors (Lipinski definition) is 1. The third-order valence-electron chi connectivity index (χ3n) is 6.05. The maximum atomic E-state index is 12.4. The van der Waals surface area contributed by atoms with Gasteiger partial charge in [0.25, 0.3) is 0 Å². The van der Waals surface area contributed by atoms with E-state index >= 15 is 0 Å². The molecule has 3 aromatic rings. The molecule has 0 aliphatic carbocycles. The molecular weight excluding hydrogens is 436 g/mol. The molecule has 1 heterocycles. The lowest BCUT2D eigenvalue weighted by Crippen LogP contribution is -2.08. The highest BCUT2D eigenvalue weighted by Crippen LogP contribution is 2.47. The van der Waals surface area contributed by atoms with Crippen molar-refractivity contribution >= 4 is 16.7 Å². The molecule has 0 saturated carbocycles. The highest BCUT2D eigenvalue weighted by atomic mass is 16.7. The number of rotatable bonds is 10. The minimum Gasteiger partial charge on any atom is -0.493 e. The van der Waals surface area contributed by atoms with E-state index in [0.717, 1.165) is 46.7 Å². The molecule has 0 radical (unpaired) electrons. The number of ether oxygens (including phenoxy) is 5. The number of carbonyl (C=O) groups is 1. The fourth-order valence-electron chi connectivity index (χ4n) is 4.31. The Morgan fingerprint density at radius 1 is 1.03 bits per heavy atom. The predicted octanol–water partition coefficient (Wildman–Crippen LogP) is 5.37. The van der Waals surface area contributed by atoms with E-state index in [0.29, 0.717) is 35.0 Å². The van der Waals surface area contributed by atoms with Crippen LogP contribution in [0.1, 0.15) is 43.7 Å². The SMILES string of the molecule is CCCCCC(=O)OCc1c(CO)cc2ccc3c(c2c1-c1ccc(OC)c(OC)c1)OCO3. The number of aliphatic hydroxyl groups excluding tert-OH is 1. The van der Waals surface area contributed by atoms with Crippen LogP contribution in [-0.2, 0) is 22.7 Å². The van der Waals surface area contributed by atoms with Crippen LogP contribution in [0.3, 0.4) is 0 Å². The fourth-order valence-corrected chi connectivity index (χ4v) is 4.31. The molecule has 1 aliphatic heterocycles. The first-order valence-corrected chi connectivity index (χ1v) is 11.5. The van der Waals surface area contributed by atoms with Gasteiger partial charge in [-0.25, -0.2) is 0 Å². The number of carbonyl (C=O) groups excluding carboxylic acids is 1. The van der Waals surface area contributed by atoms with Crippen LogP contribution in [0, 0.1) is 0 Å². The van der Waals surface area contributed by atoms with Crippen molar-refractivity contribution in [3.8, 4) is 34.1 Å². The van der Waals surface area contributed by atoms with Crippen molar-refractivity contribution in [1.29, 1.82) is 0 Å². The van der Waals surface area contributed by atoms with Gasteiger partial charge in [0.05, 0.1) is 20.8 Å². The third-order valence-corrected chi connectivity index (χ3v) is 6.05. The summed E-state index contributed by atoms with van der Waals surface area (Å²) < 4.78 is 28.1. The van der Waals surface area contributed by atoms with Gasteiger partial charge in [0.15, 0.2) is 23.0 Å². The van der Waals surface area contributed by atoms with Crippen molar-refractivity contribution in [2.24, 2.45) is 0 Å². The van der Waals surface area contributed by atoms with Crippen LogP contribution in [0.2, 0.25) is 0 Å². The zero-order valence-electron chi connectivity index (χ0n) is 19.8. The van der Waals surface area contributed by atoms with Crippen molar-refractivity contribution in [2.75, 3.05) is 21.0 Å². The van der Waals surface area contributed by atoms with Crippen LogP contribution in [0.4, 0.5) is 0 Å². The van der Waals surface area contributed by atoms with Crippen LogP contribution in [0.25, 0.3) is 21.9 Å². The molecule has 1 aliphatic rings. The van der Waals surface area contributed by atoms with E-state index in [-0.39, 0.29) is 26.0 Å². The Kier molecular flexibility index (Phi) is 7.43. The fraction of sp³-hybridized carbons (Fsp3) is 0.370. The number of unbranched alkanes of at least 4 members (excludes halogenated alkanes) is 2. The van der Waals surface area contributed by atoms with Crippen molar-refractivity contribution in [3.63, 3.8) is 0 Å². The minimum atomic E-state index is -0.256. The standard InChI is InChI=1S/C27H30O7/c1-4-5-6-7-24(29)32-15-20-19(14-28)12-17-9-11-22-27(34-16-33-22)26(17)25(20)18-8-10-21(30-2)23(13-18)31-3/h8-13,28H,4-7,14-16H2,1-3H3. The van der Waals surface area contributed by atoms with Crippen molar-refractivity contribution in [1.82, 2.24) is 0 Å². The Labute approximate surface area is 199 Å². The van der Waals surface area contributed by atoms with E-state index in [4.69, 9.17) is 23.7 Å². The van der Waals surface area contributed by atoms with Gasteiger partial charge in [0.1, 0.15) is 6.61 Å². The average molecular weight is 467 g/mol. The molecule has 0 bridgehead atoms.